The van der Waals surface area contributed by atoms with E-state index in [1.165, 1.54) is 6.26 Å². The van der Waals surface area contributed by atoms with Gasteiger partial charge in [0.1, 0.15) is 0 Å². The normalized spacial score (nSPS) is 27.8. The molecule has 0 heterocycles. The van der Waals surface area contributed by atoms with E-state index >= 15 is 0 Å². The summed E-state index contributed by atoms with van der Waals surface area (Å²) in [6.45, 7) is 0. The molecule has 2 N–H and O–H groups in total. The second-order valence-electron chi connectivity index (χ2n) is 4.30. The molecule has 2 rings (SSSR count). The molecule has 3 atom stereocenters. The summed E-state index contributed by atoms with van der Waals surface area (Å²) in [6, 6.07) is 7.13. The van der Waals surface area contributed by atoms with Crippen molar-refractivity contribution in [2.75, 3.05) is 6.26 Å². The highest BCUT2D eigenvalue weighted by atomic mass is 35.5. The zero-order valence-electron chi connectivity index (χ0n) is 9.13. The molecule has 0 aromatic heterocycles. The lowest BCUT2D eigenvalue weighted by molar-refractivity contribution is 0.599. The van der Waals surface area contributed by atoms with Gasteiger partial charge in [0.05, 0.1) is 10.2 Å². The van der Waals surface area contributed by atoms with Gasteiger partial charge in [0.15, 0.2) is 9.84 Å². The van der Waals surface area contributed by atoms with E-state index in [4.69, 9.17) is 29.6 Å². The lowest BCUT2D eigenvalue weighted by Crippen LogP contribution is -2.16. The van der Waals surface area contributed by atoms with Crippen molar-refractivity contribution in [2.45, 2.75) is 11.2 Å². The maximum Gasteiger partial charge on any atom is 0.151 e. The molecule has 6 heteroatoms. The monoisotopic (exact) mass is 289 g/mol. The third-order valence-corrected chi connectivity index (χ3v) is 5.13. The van der Waals surface area contributed by atoms with Crippen molar-refractivity contribution in [3.8, 4) is 0 Å². The molecule has 3 nitrogen and oxygen atoms in total. The lowest BCUT2D eigenvalue weighted by atomic mass is 10.1. The zero-order chi connectivity index (χ0) is 12.8. The van der Waals surface area contributed by atoms with Crippen LogP contribution in [0.4, 0.5) is 0 Å². The summed E-state index contributed by atoms with van der Waals surface area (Å²) < 4.78 is 23.2. The van der Waals surface area contributed by atoms with Gasteiger partial charge in [0.25, 0.3) is 0 Å². The Hall–Kier alpha value is -0.650. The van der Waals surface area contributed by atoms with E-state index in [9.17, 15) is 8.42 Å². The molecule has 0 radical (unpaired) electrons. The van der Waals surface area contributed by atoms with Crippen molar-refractivity contribution < 1.29 is 8.42 Å². The third-order valence-electron chi connectivity index (χ3n) is 3.03. The molecule has 0 amide bonds. The van der Waals surface area contributed by atoms with Gasteiger partial charge in [-0.05, 0) is 17.7 Å². The van der Waals surface area contributed by atoms with Crippen LogP contribution in [0.15, 0.2) is 24.3 Å². The van der Waals surface area contributed by atoms with Crippen LogP contribution in [-0.4, -0.2) is 24.9 Å². The molecule has 1 aromatic rings. The van der Waals surface area contributed by atoms with Crippen molar-refractivity contribution in [2.24, 2.45) is 11.7 Å². The van der Waals surface area contributed by atoms with Crippen LogP contribution in [-0.2, 0) is 9.84 Å². The van der Waals surface area contributed by atoms with Gasteiger partial charge < -0.3 is 5.73 Å². The fourth-order valence-electron chi connectivity index (χ4n) is 2.24. The molecule has 92 valence electrons. The maximum absolute atomic E-state index is 11.6. The van der Waals surface area contributed by atoms with E-state index in [1.54, 1.807) is 12.1 Å². The molecule has 1 aliphatic rings. The van der Waals surface area contributed by atoms with Crippen molar-refractivity contribution in [1.82, 2.24) is 0 Å². The first kappa shape index (κ1) is 12.8. The van der Waals surface area contributed by atoms with Crippen molar-refractivity contribution in [3.63, 3.8) is 0 Å². The molecule has 1 aliphatic carbocycles. The minimum absolute atomic E-state index is 0.125. The number of sulfone groups is 1. The van der Waals surface area contributed by atoms with Crippen LogP contribution in [0.1, 0.15) is 11.5 Å². The molecule has 1 saturated carbocycles. The summed E-state index contributed by atoms with van der Waals surface area (Å²) in [7, 11) is -3.13. The predicted octanol–water partition coefficient (Wildman–Crippen LogP) is 1.75. The quantitative estimate of drug-likeness (QED) is 0.861. The highest BCUT2D eigenvalue weighted by Crippen LogP contribution is 2.52. The molecule has 0 saturated heterocycles. The average molecular weight is 290 g/mol. The summed E-state index contributed by atoms with van der Waals surface area (Å²) in [4.78, 5) is 0.264. The highest BCUT2D eigenvalue weighted by molar-refractivity contribution is 7.91. The number of nitrogens with two attached hydrogens (primary N) is 1. The van der Waals surface area contributed by atoms with E-state index in [2.05, 4.69) is 0 Å². The molecular weight excluding hydrogens is 278 g/mol. The van der Waals surface area contributed by atoms with Gasteiger partial charge >= 0.3 is 0 Å². The first-order chi connectivity index (χ1) is 7.82. The molecule has 1 aromatic carbocycles. The minimum Gasteiger partial charge on any atom is -0.393 e. The van der Waals surface area contributed by atoms with E-state index in [1.807, 2.05) is 12.1 Å². The first-order valence-corrected chi connectivity index (χ1v) is 7.80. The average Bonchev–Trinajstić information content (AvgIpc) is 2.93. The van der Waals surface area contributed by atoms with E-state index in [0.717, 1.165) is 5.56 Å². The van der Waals surface area contributed by atoms with Gasteiger partial charge in [0.2, 0.25) is 0 Å². The van der Waals surface area contributed by atoms with Gasteiger partial charge in [-0.1, -0.05) is 36.0 Å². The van der Waals surface area contributed by atoms with Gasteiger partial charge in [-0.15, -0.1) is 0 Å². The van der Waals surface area contributed by atoms with Crippen LogP contribution in [0.2, 0.25) is 5.02 Å². The van der Waals surface area contributed by atoms with E-state index in [0.29, 0.717) is 5.02 Å². The minimum atomic E-state index is -3.13. The predicted molar refractivity (Wildman–Crippen MR) is 73.1 cm³/mol. The Morgan fingerprint density at radius 3 is 2.24 bits per heavy atom. The first-order valence-electron chi connectivity index (χ1n) is 5.06. The fourth-order valence-corrected chi connectivity index (χ4v) is 4.36. The lowest BCUT2D eigenvalue weighted by Gasteiger charge is -1.99. The molecule has 1 fully saturated rings. The smallest absolute Gasteiger partial charge is 0.151 e. The Kier molecular flexibility index (Phi) is 3.18. The molecule has 0 aliphatic heterocycles. The number of hydrogen-bond donors (Lipinski definition) is 1. The number of benzene rings is 1. The molecule has 0 bridgehead atoms. The van der Waals surface area contributed by atoms with E-state index < -0.39 is 15.1 Å². The van der Waals surface area contributed by atoms with Crippen molar-refractivity contribution >= 4 is 38.6 Å². The molecule has 0 spiro atoms. The summed E-state index contributed by atoms with van der Waals surface area (Å²) >= 11 is 10.7. The van der Waals surface area contributed by atoms with Crippen molar-refractivity contribution in [3.05, 3.63) is 34.9 Å². The number of thiocarbonyl (C=S) groups is 1. The van der Waals surface area contributed by atoms with Gasteiger partial charge in [-0.3, -0.25) is 0 Å². The summed E-state index contributed by atoms with van der Waals surface area (Å²) in [6.07, 6.45) is 1.22. The van der Waals surface area contributed by atoms with Gasteiger partial charge in [0, 0.05) is 23.1 Å². The second-order valence-corrected chi connectivity index (χ2v) is 7.41. The van der Waals surface area contributed by atoms with Crippen LogP contribution in [0.25, 0.3) is 0 Å². The molecule has 0 unspecified atom stereocenters. The number of rotatable bonds is 3. The Labute approximate surface area is 111 Å². The van der Waals surface area contributed by atoms with Gasteiger partial charge in [-0.25, -0.2) is 8.42 Å². The molecular formula is C11H12ClNO2S2. The second kappa shape index (κ2) is 4.23. The Morgan fingerprint density at radius 2 is 1.88 bits per heavy atom. The highest BCUT2D eigenvalue weighted by Gasteiger charge is 2.58. The number of halogens is 1. The Balaban J connectivity index is 2.34. The summed E-state index contributed by atoms with van der Waals surface area (Å²) in [5.41, 5.74) is 6.50. The van der Waals surface area contributed by atoms with Crippen LogP contribution < -0.4 is 5.73 Å². The SMILES string of the molecule is CS(=O)(=O)[C@H]1[C@H](C(N)=S)[C@@H]1c1ccc(Cl)cc1. The van der Waals surface area contributed by atoms with Crippen LogP contribution in [0.5, 0.6) is 0 Å². The van der Waals surface area contributed by atoms with Crippen LogP contribution in [0, 0.1) is 5.92 Å². The van der Waals surface area contributed by atoms with Gasteiger partial charge in [-0.2, -0.15) is 0 Å². The molecule has 17 heavy (non-hydrogen) atoms. The fraction of sp³-hybridized carbons (Fsp3) is 0.364. The summed E-state index contributed by atoms with van der Waals surface area (Å²) in [5, 5.41) is 0.137. The van der Waals surface area contributed by atoms with Crippen LogP contribution in [0.3, 0.4) is 0 Å². The largest absolute Gasteiger partial charge is 0.393 e. The Bertz CT molecular complexity index is 553. The standard InChI is InChI=1S/C11H12ClNO2S2/c1-17(14,15)10-8(9(10)11(13)16)6-2-4-7(12)5-3-6/h2-5,8-10H,1H3,(H2,13,16)/t8-,9+,10+/m0/s1. The number of hydrogen-bond acceptors (Lipinski definition) is 3. The van der Waals surface area contributed by atoms with Crippen molar-refractivity contribution in [1.29, 1.82) is 0 Å². The summed E-state index contributed by atoms with van der Waals surface area (Å²) in [5.74, 6) is -0.374. The zero-order valence-corrected chi connectivity index (χ0v) is 11.5. The third kappa shape index (κ3) is 2.46. The topological polar surface area (TPSA) is 60.2 Å². The Morgan fingerprint density at radius 1 is 1.35 bits per heavy atom. The van der Waals surface area contributed by atoms with E-state index in [-0.39, 0.29) is 16.8 Å². The van der Waals surface area contributed by atoms with Crippen LogP contribution >= 0.6 is 23.8 Å². The maximum atomic E-state index is 11.6.